The van der Waals surface area contributed by atoms with Crippen molar-refractivity contribution in [3.05, 3.63) is 12.4 Å². The second-order valence-corrected chi connectivity index (χ2v) is 8.61. The molecule has 1 aromatic rings. The summed E-state index contributed by atoms with van der Waals surface area (Å²) in [5, 5.41) is 6.07. The van der Waals surface area contributed by atoms with E-state index in [1.54, 1.807) is 0 Å². The molecule has 0 spiro atoms. The molecule has 0 saturated carbocycles. The van der Waals surface area contributed by atoms with Crippen LogP contribution >= 0.6 is 0 Å². The molecule has 2 rings (SSSR count). The molecule has 1 saturated heterocycles. The number of hydrogen-bond acceptors (Lipinski definition) is 5. The van der Waals surface area contributed by atoms with E-state index in [0.29, 0.717) is 0 Å². The molecule has 1 fully saturated rings. The van der Waals surface area contributed by atoms with Crippen LogP contribution in [0.1, 0.15) is 0 Å². The van der Waals surface area contributed by atoms with Crippen molar-refractivity contribution in [3.63, 3.8) is 0 Å². The van der Waals surface area contributed by atoms with E-state index in [4.69, 9.17) is 0 Å². The van der Waals surface area contributed by atoms with Crippen LogP contribution in [-0.4, -0.2) is 80.2 Å². The lowest BCUT2D eigenvalue weighted by Gasteiger charge is -2.34. The second kappa shape index (κ2) is 5.41. The van der Waals surface area contributed by atoms with E-state index < -0.39 is 20.2 Å². The molecule has 0 atom stereocenters. The van der Waals surface area contributed by atoms with Crippen LogP contribution < -0.4 is 0 Å². The zero-order valence-electron chi connectivity index (χ0n) is 11.2. The normalized spacial score (nSPS) is 19.6. The summed E-state index contributed by atoms with van der Waals surface area (Å²) in [5.41, 5.74) is 0. The van der Waals surface area contributed by atoms with E-state index in [1.165, 1.54) is 35.1 Å². The van der Waals surface area contributed by atoms with Gasteiger partial charge in [-0.3, -0.25) is 5.10 Å². The van der Waals surface area contributed by atoms with E-state index in [2.05, 4.69) is 10.2 Å². The largest absolute Gasteiger partial charge is 0.284 e. The average Bonchev–Trinajstić information content (AvgIpc) is 2.93. The Labute approximate surface area is 118 Å². The molecule has 1 N–H and O–H groups in total. The third-order valence-electron chi connectivity index (χ3n) is 3.10. The summed E-state index contributed by atoms with van der Waals surface area (Å²) in [6.07, 6.45) is 2.54. The molecular weight excluding hydrogens is 306 g/mol. The summed E-state index contributed by atoms with van der Waals surface area (Å²) < 4.78 is 52.0. The summed E-state index contributed by atoms with van der Waals surface area (Å²) in [6.45, 7) is 0.524. The molecule has 0 unspecified atom stereocenters. The van der Waals surface area contributed by atoms with E-state index in [-0.39, 0.29) is 31.1 Å². The first-order valence-corrected chi connectivity index (χ1v) is 8.76. The van der Waals surface area contributed by atoms with Crippen LogP contribution in [0.4, 0.5) is 0 Å². The highest BCUT2D eigenvalue weighted by atomic mass is 32.2. The van der Waals surface area contributed by atoms with E-state index in [1.807, 2.05) is 0 Å². The third kappa shape index (κ3) is 2.72. The fourth-order valence-corrected chi connectivity index (χ4v) is 4.32. The van der Waals surface area contributed by atoms with Gasteiger partial charge in [0.1, 0.15) is 4.90 Å². The Morgan fingerprint density at radius 1 is 1.10 bits per heavy atom. The van der Waals surface area contributed by atoms with Crippen LogP contribution in [0.3, 0.4) is 0 Å². The number of H-pyrrole nitrogens is 1. The summed E-state index contributed by atoms with van der Waals surface area (Å²) in [4.78, 5) is 0.0846. The molecule has 0 bridgehead atoms. The Hall–Kier alpha value is -1.01. The monoisotopic (exact) mass is 323 g/mol. The molecule has 2 heterocycles. The van der Waals surface area contributed by atoms with Gasteiger partial charge in [-0.15, -0.1) is 0 Å². The highest BCUT2D eigenvalue weighted by Gasteiger charge is 2.34. The molecule has 114 valence electrons. The smallest absolute Gasteiger partial charge is 0.281 e. The molecule has 20 heavy (non-hydrogen) atoms. The lowest BCUT2D eigenvalue weighted by Crippen LogP contribution is -2.52. The van der Waals surface area contributed by atoms with Gasteiger partial charge in [0, 0.05) is 46.5 Å². The van der Waals surface area contributed by atoms with Crippen LogP contribution in [0.15, 0.2) is 17.3 Å². The first-order chi connectivity index (χ1) is 9.26. The molecular formula is C9H17N5O4S2. The van der Waals surface area contributed by atoms with Gasteiger partial charge in [0.25, 0.3) is 10.2 Å². The molecule has 0 radical (unpaired) electrons. The number of piperazine rings is 1. The number of aromatic nitrogens is 2. The zero-order valence-corrected chi connectivity index (χ0v) is 12.9. The Morgan fingerprint density at radius 2 is 1.65 bits per heavy atom. The summed E-state index contributed by atoms with van der Waals surface area (Å²) in [7, 11) is -4.20. The minimum Gasteiger partial charge on any atom is -0.284 e. The Bertz CT molecular complexity index is 645. The van der Waals surface area contributed by atoms with Gasteiger partial charge in [-0.25, -0.2) is 8.42 Å². The number of aromatic amines is 1. The van der Waals surface area contributed by atoms with Crippen molar-refractivity contribution in [1.82, 2.24) is 23.1 Å². The van der Waals surface area contributed by atoms with Crippen molar-refractivity contribution in [1.29, 1.82) is 0 Å². The number of nitrogens with zero attached hydrogens (tertiary/aromatic N) is 4. The maximum Gasteiger partial charge on any atom is 0.281 e. The molecule has 11 heteroatoms. The average molecular weight is 323 g/mol. The van der Waals surface area contributed by atoms with Crippen LogP contribution in [0.2, 0.25) is 0 Å². The SMILES string of the molecule is CN(C)S(=O)(=O)N1CCN(S(=O)(=O)c2cn[nH]c2)CC1. The van der Waals surface area contributed by atoms with E-state index in [0.717, 1.165) is 4.31 Å². The number of rotatable bonds is 4. The Kier molecular flexibility index (Phi) is 4.16. The summed E-state index contributed by atoms with van der Waals surface area (Å²) >= 11 is 0. The van der Waals surface area contributed by atoms with Gasteiger partial charge in [0.15, 0.2) is 0 Å². The van der Waals surface area contributed by atoms with Gasteiger partial charge in [-0.2, -0.15) is 26.4 Å². The number of nitrogens with one attached hydrogen (secondary N) is 1. The van der Waals surface area contributed by atoms with Crippen molar-refractivity contribution in [2.45, 2.75) is 4.90 Å². The van der Waals surface area contributed by atoms with E-state index in [9.17, 15) is 16.8 Å². The first kappa shape index (κ1) is 15.4. The zero-order chi connectivity index (χ0) is 15.0. The molecule has 0 aliphatic carbocycles. The predicted octanol–water partition coefficient (Wildman–Crippen LogP) is -1.48. The summed E-state index contributed by atoms with van der Waals surface area (Å²) in [6, 6.07) is 0. The minimum atomic E-state index is -3.60. The van der Waals surface area contributed by atoms with Gasteiger partial charge in [-0.05, 0) is 0 Å². The lowest BCUT2D eigenvalue weighted by atomic mass is 10.4. The lowest BCUT2D eigenvalue weighted by molar-refractivity contribution is 0.262. The van der Waals surface area contributed by atoms with Gasteiger partial charge >= 0.3 is 0 Å². The van der Waals surface area contributed by atoms with Gasteiger partial charge in [-0.1, -0.05) is 0 Å². The molecule has 1 aromatic heterocycles. The Morgan fingerprint density at radius 3 is 2.10 bits per heavy atom. The maximum atomic E-state index is 12.2. The molecule has 1 aliphatic heterocycles. The summed E-state index contributed by atoms with van der Waals surface area (Å²) in [5.74, 6) is 0. The Balaban J connectivity index is 2.09. The molecule has 0 amide bonds. The highest BCUT2D eigenvalue weighted by Crippen LogP contribution is 2.17. The minimum absolute atomic E-state index is 0.0846. The first-order valence-electron chi connectivity index (χ1n) is 5.93. The van der Waals surface area contributed by atoms with Crippen molar-refractivity contribution < 1.29 is 16.8 Å². The van der Waals surface area contributed by atoms with Crippen LogP contribution in [0, 0.1) is 0 Å². The highest BCUT2D eigenvalue weighted by molar-refractivity contribution is 7.89. The van der Waals surface area contributed by atoms with Crippen LogP contribution in [-0.2, 0) is 20.2 Å². The van der Waals surface area contributed by atoms with Crippen molar-refractivity contribution >= 4 is 20.2 Å². The van der Waals surface area contributed by atoms with Gasteiger partial charge < -0.3 is 0 Å². The van der Waals surface area contributed by atoms with Crippen molar-refractivity contribution in [3.8, 4) is 0 Å². The predicted molar refractivity (Wildman–Crippen MR) is 71.5 cm³/mol. The van der Waals surface area contributed by atoms with Crippen LogP contribution in [0.25, 0.3) is 0 Å². The number of hydrogen-bond donors (Lipinski definition) is 1. The molecule has 1 aliphatic rings. The quantitative estimate of drug-likeness (QED) is 0.727. The van der Waals surface area contributed by atoms with Crippen molar-refractivity contribution in [2.75, 3.05) is 40.3 Å². The maximum absolute atomic E-state index is 12.2. The second-order valence-electron chi connectivity index (χ2n) is 4.53. The number of sulfonamides is 1. The molecule has 0 aromatic carbocycles. The van der Waals surface area contributed by atoms with Gasteiger partial charge in [0.2, 0.25) is 10.0 Å². The standard InChI is InChI=1S/C9H17N5O4S2/c1-12(2)20(17,18)14-5-3-13(4-6-14)19(15,16)9-7-10-11-8-9/h7-8H,3-6H2,1-2H3,(H,10,11). The topological polar surface area (TPSA) is 107 Å². The van der Waals surface area contributed by atoms with Crippen LogP contribution in [0.5, 0.6) is 0 Å². The molecule has 9 nitrogen and oxygen atoms in total. The van der Waals surface area contributed by atoms with Crippen molar-refractivity contribution in [2.24, 2.45) is 0 Å². The van der Waals surface area contributed by atoms with E-state index >= 15 is 0 Å². The fraction of sp³-hybridized carbons (Fsp3) is 0.667. The van der Waals surface area contributed by atoms with Gasteiger partial charge in [0.05, 0.1) is 6.20 Å². The fourth-order valence-electron chi connectivity index (χ4n) is 1.90. The third-order valence-corrected chi connectivity index (χ3v) is 6.90.